The minimum atomic E-state index is -0.230. The van der Waals surface area contributed by atoms with Gasteiger partial charge in [-0.05, 0) is 36.6 Å². The number of amides is 1. The van der Waals surface area contributed by atoms with Gasteiger partial charge >= 0.3 is 0 Å². The lowest BCUT2D eigenvalue weighted by molar-refractivity contribution is 0.0947. The third-order valence-corrected chi connectivity index (χ3v) is 4.94. The van der Waals surface area contributed by atoms with Crippen LogP contribution in [0.25, 0.3) is 21.6 Å². The summed E-state index contributed by atoms with van der Waals surface area (Å²) in [5, 5.41) is 9.53. The molecule has 6 nitrogen and oxygen atoms in total. The maximum Gasteiger partial charge on any atom is 0.271 e. The van der Waals surface area contributed by atoms with E-state index in [2.05, 4.69) is 32.5 Å². The first-order valence-electron chi connectivity index (χ1n) is 8.29. The maximum absolute atomic E-state index is 12.3. The molecule has 26 heavy (non-hydrogen) atoms. The van der Waals surface area contributed by atoms with Crippen molar-refractivity contribution in [3.05, 3.63) is 65.4 Å². The highest BCUT2D eigenvalue weighted by Gasteiger charge is 2.10. The Morgan fingerprint density at radius 3 is 2.85 bits per heavy atom. The Balaban J connectivity index is 1.40. The van der Waals surface area contributed by atoms with Crippen LogP contribution in [0.3, 0.4) is 0 Å². The molecule has 0 unspecified atom stereocenters. The Hall–Kier alpha value is -3.06. The van der Waals surface area contributed by atoms with Crippen LogP contribution in [0.5, 0.6) is 0 Å². The molecule has 0 aliphatic carbocycles. The van der Waals surface area contributed by atoms with Crippen LogP contribution in [0.15, 0.2) is 54.0 Å². The van der Waals surface area contributed by atoms with Gasteiger partial charge < -0.3 is 5.32 Å². The third-order valence-electron chi connectivity index (χ3n) is 4.05. The van der Waals surface area contributed by atoms with Crippen molar-refractivity contribution in [3.8, 4) is 10.6 Å². The summed E-state index contributed by atoms with van der Waals surface area (Å²) in [7, 11) is 0. The molecule has 1 aromatic carbocycles. The number of rotatable bonds is 5. The van der Waals surface area contributed by atoms with Crippen molar-refractivity contribution in [3.63, 3.8) is 0 Å². The topological polar surface area (TPSA) is 72.7 Å². The number of nitrogens with one attached hydrogen (secondary N) is 1. The molecule has 0 aliphatic heterocycles. The lowest BCUT2D eigenvalue weighted by atomic mass is 10.3. The summed E-state index contributed by atoms with van der Waals surface area (Å²) in [5.41, 5.74) is 3.83. The van der Waals surface area contributed by atoms with Crippen LogP contribution < -0.4 is 5.32 Å². The average Bonchev–Trinajstić information content (AvgIpc) is 3.31. The summed E-state index contributed by atoms with van der Waals surface area (Å²) in [6.45, 7) is 3.09. The summed E-state index contributed by atoms with van der Waals surface area (Å²) < 4.78 is 1.90. The summed E-state index contributed by atoms with van der Waals surface area (Å²) >= 11 is 1.66. The Morgan fingerprint density at radius 2 is 2.04 bits per heavy atom. The standard InChI is InChI=1S/C19H17N5OS/c1-13-11-16(18-7-4-10-26-18)23-24(13)9-8-20-19(25)17-12-21-14-5-2-3-6-15(14)22-17/h2-7,10-12H,8-9H2,1H3,(H,20,25). The molecular formula is C19H17N5OS. The lowest BCUT2D eigenvalue weighted by Gasteiger charge is -2.07. The molecule has 0 saturated carbocycles. The molecule has 0 bridgehead atoms. The smallest absolute Gasteiger partial charge is 0.271 e. The summed E-state index contributed by atoms with van der Waals surface area (Å²) in [6, 6.07) is 13.6. The second kappa shape index (κ2) is 7.05. The summed E-state index contributed by atoms with van der Waals surface area (Å²) in [6.07, 6.45) is 1.51. The number of benzene rings is 1. The van der Waals surface area contributed by atoms with Gasteiger partial charge in [-0.25, -0.2) is 4.98 Å². The fourth-order valence-corrected chi connectivity index (χ4v) is 3.40. The Bertz CT molecular complexity index is 1050. The quantitative estimate of drug-likeness (QED) is 0.590. The van der Waals surface area contributed by atoms with Crippen LogP contribution in [-0.4, -0.2) is 32.2 Å². The van der Waals surface area contributed by atoms with Crippen molar-refractivity contribution in [2.24, 2.45) is 0 Å². The highest BCUT2D eigenvalue weighted by Crippen LogP contribution is 2.23. The second-order valence-electron chi connectivity index (χ2n) is 5.87. The first-order chi connectivity index (χ1) is 12.7. The van der Waals surface area contributed by atoms with E-state index in [-0.39, 0.29) is 5.91 Å². The van der Waals surface area contributed by atoms with E-state index >= 15 is 0 Å². The Kier molecular flexibility index (Phi) is 4.45. The monoisotopic (exact) mass is 363 g/mol. The maximum atomic E-state index is 12.3. The fourth-order valence-electron chi connectivity index (χ4n) is 2.71. The van der Waals surface area contributed by atoms with E-state index in [0.717, 1.165) is 21.8 Å². The normalized spacial score (nSPS) is 11.0. The minimum absolute atomic E-state index is 0.230. The predicted octanol–water partition coefficient (Wildman–Crippen LogP) is 3.29. The van der Waals surface area contributed by atoms with Gasteiger partial charge in [0.25, 0.3) is 5.91 Å². The summed E-state index contributed by atoms with van der Waals surface area (Å²) in [5.74, 6) is -0.230. The van der Waals surface area contributed by atoms with Crippen molar-refractivity contribution in [2.75, 3.05) is 6.54 Å². The van der Waals surface area contributed by atoms with Gasteiger partial charge in [0.05, 0.1) is 28.7 Å². The molecule has 0 radical (unpaired) electrons. The lowest BCUT2D eigenvalue weighted by Crippen LogP contribution is -2.28. The largest absolute Gasteiger partial charge is 0.349 e. The molecule has 0 aliphatic rings. The third kappa shape index (κ3) is 3.34. The van der Waals surface area contributed by atoms with Gasteiger partial charge in [0.2, 0.25) is 0 Å². The van der Waals surface area contributed by atoms with Gasteiger partial charge in [-0.3, -0.25) is 14.5 Å². The zero-order chi connectivity index (χ0) is 17.9. The van der Waals surface area contributed by atoms with Gasteiger partial charge in [0.1, 0.15) is 11.4 Å². The van der Waals surface area contributed by atoms with E-state index in [1.54, 1.807) is 11.3 Å². The average molecular weight is 363 g/mol. The fraction of sp³-hybridized carbons (Fsp3) is 0.158. The number of carbonyl (C=O) groups excluding carboxylic acids is 1. The number of hydrogen-bond acceptors (Lipinski definition) is 5. The van der Waals surface area contributed by atoms with Crippen LogP contribution >= 0.6 is 11.3 Å². The van der Waals surface area contributed by atoms with E-state index in [0.29, 0.717) is 24.3 Å². The molecule has 1 N–H and O–H groups in total. The summed E-state index contributed by atoms with van der Waals surface area (Å²) in [4.78, 5) is 22.1. The zero-order valence-electron chi connectivity index (χ0n) is 14.2. The first-order valence-corrected chi connectivity index (χ1v) is 9.17. The molecule has 4 rings (SSSR count). The van der Waals surface area contributed by atoms with Crippen molar-refractivity contribution in [1.29, 1.82) is 0 Å². The number of hydrogen-bond donors (Lipinski definition) is 1. The Morgan fingerprint density at radius 1 is 1.19 bits per heavy atom. The van der Waals surface area contributed by atoms with Gasteiger partial charge in [-0.15, -0.1) is 11.3 Å². The molecule has 1 amide bonds. The number of nitrogens with zero attached hydrogens (tertiary/aromatic N) is 4. The van der Waals surface area contributed by atoms with Gasteiger partial charge in [0, 0.05) is 12.2 Å². The van der Waals surface area contributed by atoms with Crippen LogP contribution in [0.1, 0.15) is 16.2 Å². The minimum Gasteiger partial charge on any atom is -0.349 e. The van der Waals surface area contributed by atoms with Gasteiger partial charge in [0.15, 0.2) is 0 Å². The van der Waals surface area contributed by atoms with Crippen LogP contribution in [-0.2, 0) is 6.54 Å². The molecule has 3 aromatic heterocycles. The number of carbonyl (C=O) groups is 1. The van der Waals surface area contributed by atoms with Crippen molar-refractivity contribution in [1.82, 2.24) is 25.1 Å². The van der Waals surface area contributed by atoms with E-state index in [1.165, 1.54) is 6.20 Å². The van der Waals surface area contributed by atoms with E-state index in [4.69, 9.17) is 0 Å². The Labute approximate surface area is 154 Å². The SMILES string of the molecule is Cc1cc(-c2cccs2)nn1CCNC(=O)c1cnc2ccccc2n1. The number of aryl methyl sites for hydroxylation is 1. The van der Waals surface area contributed by atoms with Crippen LogP contribution in [0.2, 0.25) is 0 Å². The molecule has 0 fully saturated rings. The van der Waals surface area contributed by atoms with Crippen molar-refractivity contribution in [2.45, 2.75) is 13.5 Å². The first kappa shape index (κ1) is 16.4. The van der Waals surface area contributed by atoms with Crippen molar-refractivity contribution < 1.29 is 4.79 Å². The molecule has 3 heterocycles. The highest BCUT2D eigenvalue weighted by molar-refractivity contribution is 7.13. The molecule has 7 heteroatoms. The molecule has 0 saturated heterocycles. The number of para-hydroxylation sites is 2. The van der Waals surface area contributed by atoms with Gasteiger partial charge in [-0.1, -0.05) is 18.2 Å². The highest BCUT2D eigenvalue weighted by atomic mass is 32.1. The van der Waals surface area contributed by atoms with Crippen LogP contribution in [0.4, 0.5) is 0 Å². The number of aromatic nitrogens is 4. The van der Waals surface area contributed by atoms with Crippen LogP contribution in [0, 0.1) is 6.92 Å². The number of fused-ring (bicyclic) bond motifs is 1. The molecule has 130 valence electrons. The van der Waals surface area contributed by atoms with Gasteiger partial charge in [-0.2, -0.15) is 5.10 Å². The second-order valence-corrected chi connectivity index (χ2v) is 6.82. The molecule has 0 atom stereocenters. The van der Waals surface area contributed by atoms with Crippen molar-refractivity contribution >= 4 is 28.3 Å². The molecular weight excluding hydrogens is 346 g/mol. The van der Waals surface area contributed by atoms with E-state index in [1.807, 2.05) is 47.3 Å². The predicted molar refractivity (Wildman–Crippen MR) is 102 cm³/mol. The number of thiophene rings is 1. The zero-order valence-corrected chi connectivity index (χ0v) is 15.0. The van der Waals surface area contributed by atoms with E-state index in [9.17, 15) is 4.79 Å². The molecule has 4 aromatic rings. The molecule has 0 spiro atoms. The van der Waals surface area contributed by atoms with E-state index < -0.39 is 0 Å².